The van der Waals surface area contributed by atoms with Gasteiger partial charge in [0, 0.05) is 41.4 Å². The monoisotopic (exact) mass is 567 g/mol. The van der Waals surface area contributed by atoms with Crippen molar-refractivity contribution in [3.63, 3.8) is 0 Å². The smallest absolute Gasteiger partial charge is 0.203 e. The summed E-state index contributed by atoms with van der Waals surface area (Å²) in [4.78, 5) is 3.91. The first-order chi connectivity index (χ1) is 18.2. The average Bonchev–Trinajstić information content (AvgIpc) is 3.48. The molecule has 4 aliphatic rings. The number of nitrogens with zero attached hydrogens (tertiary/aromatic N) is 1. The molecule has 2 aliphatic heterocycles. The van der Waals surface area contributed by atoms with E-state index in [1.54, 1.807) is 0 Å². The van der Waals surface area contributed by atoms with E-state index in [0.29, 0.717) is 25.2 Å². The number of aliphatic hydroxyl groups is 1. The Kier molecular flexibility index (Phi) is 5.80. The number of aliphatic hydroxyl groups excluding tert-OH is 1. The van der Waals surface area contributed by atoms with Crippen LogP contribution in [0.4, 0.5) is 15.5 Å². The molecular weight excluding hydrogens is 530 g/mol. The van der Waals surface area contributed by atoms with Crippen LogP contribution in [0.1, 0.15) is 111 Å². The number of aromatic nitrogens is 1. The van der Waals surface area contributed by atoms with E-state index in [2.05, 4.69) is 20.4 Å². The fourth-order valence-electron chi connectivity index (χ4n) is 7.28. The second-order valence-electron chi connectivity index (χ2n) is 12.7. The quantitative estimate of drug-likeness (QED) is 0.375. The van der Waals surface area contributed by atoms with Crippen LogP contribution in [0.15, 0.2) is 41.1 Å². The van der Waals surface area contributed by atoms with Gasteiger partial charge in [-0.15, -0.1) is 15.5 Å². The van der Waals surface area contributed by atoms with Gasteiger partial charge in [-0.2, -0.15) is 0 Å². The molecule has 2 unspecified atom stereocenters. The number of ether oxygens (including phenoxy) is 2. The molecule has 3 heterocycles. The highest BCUT2D eigenvalue weighted by Crippen LogP contribution is 3.01. The molecule has 4 nitrogen and oxygen atoms in total. The van der Waals surface area contributed by atoms with Crippen molar-refractivity contribution in [3.8, 4) is 0 Å². The number of hydrogen-bond donors (Lipinski definition) is 1. The lowest BCUT2D eigenvalue weighted by atomic mass is 9.70. The molecule has 2 aliphatic carbocycles. The van der Waals surface area contributed by atoms with Gasteiger partial charge in [0.05, 0.1) is 22.3 Å². The van der Waals surface area contributed by atoms with Gasteiger partial charge in [0.25, 0.3) is 0 Å². The SMILES string of the molecule is C=CS(F)(F)(F)(F)c1ccc(C2OC3(CCCC3)c3c4c(nc(C5CCOCC5)c32)CC(C)(C)CC4O)cc1. The molecule has 1 saturated carbocycles. The first-order valence-electron chi connectivity index (χ1n) is 13.9. The van der Waals surface area contributed by atoms with Gasteiger partial charge in [0.2, 0.25) is 9.84 Å². The molecule has 0 amide bonds. The largest absolute Gasteiger partial charge is 0.388 e. The maximum absolute atomic E-state index is 14.4. The lowest BCUT2D eigenvalue weighted by molar-refractivity contribution is -0.0581. The van der Waals surface area contributed by atoms with Gasteiger partial charge in [-0.1, -0.05) is 45.4 Å². The van der Waals surface area contributed by atoms with Crippen LogP contribution >= 0.6 is 9.84 Å². The maximum atomic E-state index is 14.4. The zero-order valence-electron chi connectivity index (χ0n) is 22.5. The number of fused-ring (bicyclic) bond motifs is 4. The van der Waals surface area contributed by atoms with E-state index < -0.39 is 38.0 Å². The second-order valence-corrected chi connectivity index (χ2v) is 15.7. The minimum absolute atomic E-state index is 0.109. The Labute approximate surface area is 227 Å². The van der Waals surface area contributed by atoms with Gasteiger partial charge in [-0.05, 0) is 67.2 Å². The number of halogens is 4. The molecule has 0 bridgehead atoms. The predicted molar refractivity (Wildman–Crippen MR) is 144 cm³/mol. The van der Waals surface area contributed by atoms with E-state index in [1.807, 2.05) is 0 Å². The van der Waals surface area contributed by atoms with Crippen LogP contribution in [0.2, 0.25) is 0 Å². The Balaban J connectivity index is 1.56. The third-order valence-electron chi connectivity index (χ3n) is 9.20. The number of pyridine rings is 1. The second kappa shape index (κ2) is 8.30. The van der Waals surface area contributed by atoms with E-state index in [9.17, 15) is 20.6 Å². The standard InChI is InChI=1S/C30H37F4NO3S/c1-4-39(31,32,33,34)21-9-7-20(8-10-21)28-25-26(30(38-28)13-5-6-14-30)24-22(17-29(2,3)18-23(24)36)35-27(25)19-11-15-37-16-12-19/h4,7-10,19,23,28,36H,1,5-6,11-18H2,2-3H3. The molecule has 1 spiro atoms. The molecule has 2 atom stereocenters. The Morgan fingerprint density at radius 2 is 1.67 bits per heavy atom. The van der Waals surface area contributed by atoms with Gasteiger partial charge in [-0.25, -0.2) is 0 Å². The van der Waals surface area contributed by atoms with Crippen molar-refractivity contribution in [3.05, 3.63) is 69.9 Å². The van der Waals surface area contributed by atoms with E-state index in [0.717, 1.165) is 85.2 Å². The van der Waals surface area contributed by atoms with E-state index >= 15 is 0 Å². The van der Waals surface area contributed by atoms with Crippen molar-refractivity contribution < 1.29 is 30.1 Å². The van der Waals surface area contributed by atoms with E-state index in [1.165, 1.54) is 12.1 Å². The van der Waals surface area contributed by atoms with Crippen LogP contribution in [0.5, 0.6) is 0 Å². The van der Waals surface area contributed by atoms with Crippen molar-refractivity contribution in [1.29, 1.82) is 0 Å². The predicted octanol–water partition coefficient (Wildman–Crippen LogP) is 8.79. The van der Waals surface area contributed by atoms with Gasteiger partial charge >= 0.3 is 0 Å². The summed E-state index contributed by atoms with van der Waals surface area (Å²) in [6.45, 7) is 8.26. The van der Waals surface area contributed by atoms with Crippen molar-refractivity contribution in [2.45, 2.75) is 93.8 Å². The summed E-state index contributed by atoms with van der Waals surface area (Å²) in [6, 6.07) is 4.26. The summed E-state index contributed by atoms with van der Waals surface area (Å²) in [5, 5.41) is 11.0. The summed E-state index contributed by atoms with van der Waals surface area (Å²) < 4.78 is 70.3. The highest BCUT2D eigenvalue weighted by molar-refractivity contribution is 8.52. The average molecular weight is 568 g/mol. The zero-order valence-corrected chi connectivity index (χ0v) is 23.3. The maximum Gasteiger partial charge on any atom is 0.203 e. The van der Waals surface area contributed by atoms with E-state index in [-0.39, 0.29) is 11.3 Å². The summed E-state index contributed by atoms with van der Waals surface area (Å²) in [5.74, 6) is 0.126. The third-order valence-corrected chi connectivity index (χ3v) is 11.1. The molecule has 2 fully saturated rings. The van der Waals surface area contributed by atoms with Crippen LogP contribution < -0.4 is 0 Å². The number of benzene rings is 1. The molecule has 0 radical (unpaired) electrons. The van der Waals surface area contributed by atoms with Crippen molar-refractivity contribution >= 4 is 9.84 Å². The highest BCUT2D eigenvalue weighted by Gasteiger charge is 2.61. The lowest BCUT2D eigenvalue weighted by Gasteiger charge is -2.46. The van der Waals surface area contributed by atoms with Gasteiger partial charge < -0.3 is 14.6 Å². The molecule has 1 aromatic heterocycles. The molecule has 9 heteroatoms. The van der Waals surface area contributed by atoms with Gasteiger partial charge in [0.1, 0.15) is 6.10 Å². The topological polar surface area (TPSA) is 51.6 Å². The van der Waals surface area contributed by atoms with Crippen LogP contribution in [-0.4, -0.2) is 23.3 Å². The normalized spacial score (nSPS) is 28.0. The van der Waals surface area contributed by atoms with Crippen molar-refractivity contribution in [1.82, 2.24) is 4.98 Å². The number of rotatable bonds is 4. The minimum Gasteiger partial charge on any atom is -0.388 e. The first-order valence-corrected chi connectivity index (χ1v) is 16.0. The van der Waals surface area contributed by atoms with Gasteiger partial charge in [-0.3, -0.25) is 4.98 Å². The van der Waals surface area contributed by atoms with Crippen LogP contribution in [0, 0.1) is 5.41 Å². The Bertz CT molecular complexity index is 1330. The first kappa shape index (κ1) is 27.2. The van der Waals surface area contributed by atoms with Crippen LogP contribution in [0.3, 0.4) is 0 Å². The fourth-order valence-corrected chi connectivity index (χ4v) is 8.18. The fraction of sp³-hybridized carbons (Fsp3) is 0.567. The molecule has 1 aromatic carbocycles. The molecule has 1 N–H and O–H groups in total. The molecule has 1 saturated heterocycles. The van der Waals surface area contributed by atoms with Crippen LogP contribution in [0.25, 0.3) is 0 Å². The summed E-state index contributed by atoms with van der Waals surface area (Å²) >= 11 is 0. The molecule has 39 heavy (non-hydrogen) atoms. The Morgan fingerprint density at radius 3 is 2.28 bits per heavy atom. The van der Waals surface area contributed by atoms with Crippen molar-refractivity contribution in [2.75, 3.05) is 13.2 Å². The Hall–Kier alpha value is -1.94. The Morgan fingerprint density at radius 1 is 1.03 bits per heavy atom. The lowest BCUT2D eigenvalue weighted by Crippen LogP contribution is -2.32. The summed E-state index contributed by atoms with van der Waals surface area (Å²) in [5.41, 5.74) is 4.40. The third kappa shape index (κ3) is 4.44. The summed E-state index contributed by atoms with van der Waals surface area (Å²) in [6.07, 6.45) is 5.11. The molecule has 6 rings (SSSR count). The van der Waals surface area contributed by atoms with E-state index in [4.69, 9.17) is 14.5 Å². The zero-order chi connectivity index (χ0) is 27.9. The summed E-state index contributed by atoms with van der Waals surface area (Å²) in [7, 11) is -8.56. The van der Waals surface area contributed by atoms with Crippen molar-refractivity contribution in [2.24, 2.45) is 5.41 Å². The highest BCUT2D eigenvalue weighted by atomic mass is 32.5. The molecular formula is C30H37F4NO3S. The minimum atomic E-state index is -8.56. The number of hydrogen-bond acceptors (Lipinski definition) is 4. The van der Waals surface area contributed by atoms with Gasteiger partial charge in [0.15, 0.2) is 0 Å². The molecule has 2 aromatic rings. The van der Waals surface area contributed by atoms with Crippen LogP contribution in [-0.2, 0) is 21.5 Å². The molecule has 214 valence electrons.